The SMILES string of the molecule is CN(CCc1ccccn1)C(=O)c1cc2ccccc2oc1=O. The van der Waals surface area contributed by atoms with E-state index in [9.17, 15) is 9.59 Å². The van der Waals surface area contributed by atoms with E-state index in [1.807, 2.05) is 30.3 Å². The second-order valence-electron chi connectivity index (χ2n) is 5.28. The number of hydrogen-bond acceptors (Lipinski definition) is 4. The lowest BCUT2D eigenvalue weighted by Gasteiger charge is -2.16. The van der Waals surface area contributed by atoms with Gasteiger partial charge in [0, 0.05) is 37.3 Å². The molecule has 0 saturated heterocycles. The van der Waals surface area contributed by atoms with Gasteiger partial charge in [-0.2, -0.15) is 0 Å². The topological polar surface area (TPSA) is 63.4 Å². The normalized spacial score (nSPS) is 10.7. The van der Waals surface area contributed by atoms with Crippen molar-refractivity contribution in [2.75, 3.05) is 13.6 Å². The fraction of sp³-hybridized carbons (Fsp3) is 0.167. The summed E-state index contributed by atoms with van der Waals surface area (Å²) in [7, 11) is 1.67. The van der Waals surface area contributed by atoms with Crippen molar-refractivity contribution >= 4 is 16.9 Å². The number of fused-ring (bicyclic) bond motifs is 1. The molecule has 0 spiro atoms. The Balaban J connectivity index is 1.79. The number of hydrogen-bond donors (Lipinski definition) is 0. The van der Waals surface area contributed by atoms with Crippen LogP contribution in [0.1, 0.15) is 16.1 Å². The van der Waals surface area contributed by atoms with Gasteiger partial charge in [0.25, 0.3) is 5.91 Å². The first-order chi connectivity index (χ1) is 11.1. The second-order valence-corrected chi connectivity index (χ2v) is 5.28. The first-order valence-corrected chi connectivity index (χ1v) is 7.33. The minimum Gasteiger partial charge on any atom is -0.422 e. The molecule has 1 amide bonds. The fourth-order valence-electron chi connectivity index (χ4n) is 2.35. The van der Waals surface area contributed by atoms with Gasteiger partial charge in [-0.15, -0.1) is 0 Å². The number of pyridine rings is 1. The van der Waals surface area contributed by atoms with Crippen molar-refractivity contribution in [2.45, 2.75) is 6.42 Å². The van der Waals surface area contributed by atoms with E-state index in [0.717, 1.165) is 11.1 Å². The fourth-order valence-corrected chi connectivity index (χ4v) is 2.35. The van der Waals surface area contributed by atoms with E-state index >= 15 is 0 Å². The molecule has 2 aromatic heterocycles. The van der Waals surface area contributed by atoms with E-state index in [0.29, 0.717) is 18.5 Å². The zero-order chi connectivity index (χ0) is 16.2. The van der Waals surface area contributed by atoms with Crippen LogP contribution in [0.25, 0.3) is 11.0 Å². The highest BCUT2D eigenvalue weighted by Gasteiger charge is 2.17. The van der Waals surface area contributed by atoms with Crippen molar-refractivity contribution < 1.29 is 9.21 Å². The molecule has 0 aliphatic rings. The van der Waals surface area contributed by atoms with Crippen molar-refractivity contribution in [3.05, 3.63) is 76.4 Å². The van der Waals surface area contributed by atoms with Crippen molar-refractivity contribution in [3.8, 4) is 0 Å². The van der Waals surface area contributed by atoms with Gasteiger partial charge in [-0.05, 0) is 24.3 Å². The number of para-hydroxylation sites is 1. The van der Waals surface area contributed by atoms with Gasteiger partial charge in [-0.3, -0.25) is 9.78 Å². The average Bonchev–Trinajstić information content (AvgIpc) is 2.59. The lowest BCUT2D eigenvalue weighted by molar-refractivity contribution is 0.0792. The number of nitrogens with zero attached hydrogens (tertiary/aromatic N) is 2. The van der Waals surface area contributed by atoms with E-state index in [4.69, 9.17) is 4.42 Å². The minimum atomic E-state index is -0.613. The van der Waals surface area contributed by atoms with Gasteiger partial charge in [-0.25, -0.2) is 4.79 Å². The van der Waals surface area contributed by atoms with Crippen molar-refractivity contribution in [1.82, 2.24) is 9.88 Å². The molecule has 0 unspecified atom stereocenters. The average molecular weight is 308 g/mol. The molecule has 0 saturated carbocycles. The first kappa shape index (κ1) is 15.0. The molecule has 0 bridgehead atoms. The Hall–Kier alpha value is -2.95. The molecule has 0 fully saturated rings. The van der Waals surface area contributed by atoms with Gasteiger partial charge in [0.15, 0.2) is 0 Å². The summed E-state index contributed by atoms with van der Waals surface area (Å²) in [4.78, 5) is 30.2. The highest BCUT2D eigenvalue weighted by atomic mass is 16.4. The molecule has 3 aromatic rings. The minimum absolute atomic E-state index is 0.0484. The van der Waals surface area contributed by atoms with E-state index in [1.54, 1.807) is 31.4 Å². The Morgan fingerprint density at radius 3 is 2.74 bits per heavy atom. The molecule has 0 atom stereocenters. The summed E-state index contributed by atoms with van der Waals surface area (Å²) in [5.74, 6) is -0.347. The summed E-state index contributed by atoms with van der Waals surface area (Å²) in [5, 5.41) is 0.730. The van der Waals surface area contributed by atoms with Gasteiger partial charge >= 0.3 is 5.63 Å². The van der Waals surface area contributed by atoms with Crippen molar-refractivity contribution in [1.29, 1.82) is 0 Å². The molecular weight excluding hydrogens is 292 g/mol. The summed E-state index contributed by atoms with van der Waals surface area (Å²) in [6.45, 7) is 0.474. The van der Waals surface area contributed by atoms with Crippen LogP contribution >= 0.6 is 0 Å². The Bertz CT molecular complexity index is 887. The lowest BCUT2D eigenvalue weighted by atomic mass is 10.1. The molecule has 1 aromatic carbocycles. The second kappa shape index (κ2) is 6.44. The molecule has 116 valence electrons. The van der Waals surface area contributed by atoms with Gasteiger partial charge in [0.05, 0.1) is 0 Å². The highest BCUT2D eigenvalue weighted by Crippen LogP contribution is 2.13. The van der Waals surface area contributed by atoms with Crippen LogP contribution in [0.3, 0.4) is 0 Å². The molecule has 2 heterocycles. The van der Waals surface area contributed by atoms with Gasteiger partial charge in [0.2, 0.25) is 0 Å². The van der Waals surface area contributed by atoms with E-state index in [1.165, 1.54) is 4.90 Å². The zero-order valence-electron chi connectivity index (χ0n) is 12.7. The van der Waals surface area contributed by atoms with Gasteiger partial charge in [-0.1, -0.05) is 24.3 Å². The number of carbonyl (C=O) groups excluding carboxylic acids is 1. The first-order valence-electron chi connectivity index (χ1n) is 7.33. The largest absolute Gasteiger partial charge is 0.422 e. The van der Waals surface area contributed by atoms with Crippen molar-refractivity contribution in [3.63, 3.8) is 0 Å². The zero-order valence-corrected chi connectivity index (χ0v) is 12.7. The third-order valence-corrected chi connectivity index (χ3v) is 3.65. The molecule has 0 radical (unpaired) electrons. The molecule has 0 aliphatic heterocycles. The molecule has 3 rings (SSSR count). The van der Waals surface area contributed by atoms with Crippen LogP contribution < -0.4 is 5.63 Å². The molecule has 5 nitrogen and oxygen atoms in total. The third kappa shape index (κ3) is 3.29. The smallest absolute Gasteiger partial charge is 0.349 e. The van der Waals surface area contributed by atoms with Crippen LogP contribution in [-0.2, 0) is 6.42 Å². The third-order valence-electron chi connectivity index (χ3n) is 3.65. The monoisotopic (exact) mass is 308 g/mol. The number of carbonyl (C=O) groups is 1. The predicted molar refractivity (Wildman–Crippen MR) is 87.4 cm³/mol. The van der Waals surface area contributed by atoms with Crippen LogP contribution in [-0.4, -0.2) is 29.4 Å². The summed E-state index contributed by atoms with van der Waals surface area (Å²) in [5.41, 5.74) is 0.813. The van der Waals surface area contributed by atoms with Crippen LogP contribution in [0.4, 0.5) is 0 Å². The molecule has 0 N–H and O–H groups in total. The molecule has 23 heavy (non-hydrogen) atoms. The molecule has 0 aliphatic carbocycles. The maximum absolute atomic E-state index is 12.5. The molecular formula is C18H16N2O3. The summed E-state index contributed by atoms with van der Waals surface area (Å²) in [6.07, 6.45) is 2.34. The van der Waals surface area contributed by atoms with E-state index < -0.39 is 5.63 Å². The summed E-state index contributed by atoms with van der Waals surface area (Å²) < 4.78 is 5.21. The maximum Gasteiger partial charge on any atom is 0.349 e. The number of aromatic nitrogens is 1. The Kier molecular flexibility index (Phi) is 4.19. The highest BCUT2D eigenvalue weighted by molar-refractivity contribution is 5.96. The van der Waals surface area contributed by atoms with E-state index in [2.05, 4.69) is 4.98 Å². The summed E-state index contributed by atoms with van der Waals surface area (Å²) >= 11 is 0. The number of benzene rings is 1. The number of likely N-dealkylation sites (N-methyl/N-ethyl adjacent to an activating group) is 1. The Labute approximate surface area is 133 Å². The van der Waals surface area contributed by atoms with Crippen LogP contribution in [0.5, 0.6) is 0 Å². The Morgan fingerprint density at radius 1 is 1.17 bits per heavy atom. The lowest BCUT2D eigenvalue weighted by Crippen LogP contribution is -2.32. The molecule has 5 heteroatoms. The quantitative estimate of drug-likeness (QED) is 0.695. The standard InChI is InChI=1S/C18H16N2O3/c1-20(11-9-14-7-4-5-10-19-14)17(21)15-12-13-6-2-3-8-16(13)23-18(15)22/h2-8,10,12H,9,11H2,1H3. The van der Waals surface area contributed by atoms with Gasteiger partial charge in [0.1, 0.15) is 11.1 Å². The maximum atomic E-state index is 12.5. The van der Waals surface area contributed by atoms with Crippen LogP contribution in [0.2, 0.25) is 0 Å². The van der Waals surface area contributed by atoms with E-state index in [-0.39, 0.29) is 11.5 Å². The Morgan fingerprint density at radius 2 is 1.96 bits per heavy atom. The van der Waals surface area contributed by atoms with Gasteiger partial charge < -0.3 is 9.32 Å². The van der Waals surface area contributed by atoms with Crippen LogP contribution in [0.15, 0.2) is 63.9 Å². The number of amides is 1. The summed E-state index contributed by atoms with van der Waals surface area (Å²) in [6, 6.07) is 14.4. The van der Waals surface area contributed by atoms with Crippen molar-refractivity contribution in [2.24, 2.45) is 0 Å². The number of rotatable bonds is 4. The predicted octanol–water partition coefficient (Wildman–Crippen LogP) is 2.50. The van der Waals surface area contributed by atoms with Crippen LogP contribution in [0, 0.1) is 0 Å².